The normalized spacial score (nSPS) is 10.9. The van der Waals surface area contributed by atoms with Crippen LogP contribution in [-0.2, 0) is 17.9 Å². The van der Waals surface area contributed by atoms with Crippen LogP contribution in [-0.4, -0.2) is 27.1 Å². The van der Waals surface area contributed by atoms with Gasteiger partial charge in [-0.25, -0.2) is 9.78 Å². The molecule has 0 atom stereocenters. The highest BCUT2D eigenvalue weighted by atomic mass is 35.5. The number of hydrogen-bond donors (Lipinski definition) is 1. The maximum atomic E-state index is 13.1. The van der Waals surface area contributed by atoms with E-state index in [1.165, 1.54) is 25.6 Å². The topological polar surface area (TPSA) is 108 Å². The molecule has 0 bridgehead atoms. The van der Waals surface area contributed by atoms with Crippen molar-refractivity contribution < 1.29 is 13.9 Å². The molecule has 0 saturated heterocycles. The van der Waals surface area contributed by atoms with Gasteiger partial charge in [-0.3, -0.25) is 18.7 Å². The van der Waals surface area contributed by atoms with Crippen LogP contribution in [0.2, 0.25) is 5.02 Å². The second-order valence-corrected chi connectivity index (χ2v) is 7.04. The standard InChI is InChI=1S/C21H17ClN4O5/c1-30-17-7-6-13(22)10-16(17)24-18(27)12-25-19-15(5-2-8-23-19)20(28)26(21(25)29)11-14-4-3-9-31-14/h2-10H,11-12H2,1H3,(H,24,27). The Hall–Kier alpha value is -3.85. The second kappa shape index (κ2) is 8.49. The first-order chi connectivity index (χ1) is 15.0. The number of hydrogen-bond acceptors (Lipinski definition) is 6. The number of anilines is 1. The van der Waals surface area contributed by atoms with Gasteiger partial charge < -0.3 is 14.5 Å². The van der Waals surface area contributed by atoms with E-state index in [1.807, 2.05) is 0 Å². The number of nitrogens with one attached hydrogen (secondary N) is 1. The van der Waals surface area contributed by atoms with Crippen LogP contribution in [0.3, 0.4) is 0 Å². The smallest absolute Gasteiger partial charge is 0.333 e. The number of rotatable bonds is 6. The highest BCUT2D eigenvalue weighted by Crippen LogP contribution is 2.27. The van der Waals surface area contributed by atoms with Crippen molar-refractivity contribution in [3.63, 3.8) is 0 Å². The minimum Gasteiger partial charge on any atom is -0.495 e. The van der Waals surface area contributed by atoms with Gasteiger partial charge >= 0.3 is 5.69 Å². The number of furan rings is 1. The van der Waals surface area contributed by atoms with Crippen molar-refractivity contribution in [3.05, 3.63) is 86.5 Å². The predicted molar refractivity (Wildman–Crippen MR) is 115 cm³/mol. The average Bonchev–Trinajstić information content (AvgIpc) is 3.28. The van der Waals surface area contributed by atoms with Gasteiger partial charge in [0.25, 0.3) is 5.56 Å². The lowest BCUT2D eigenvalue weighted by molar-refractivity contribution is -0.116. The summed E-state index contributed by atoms with van der Waals surface area (Å²) in [7, 11) is 1.46. The van der Waals surface area contributed by atoms with Gasteiger partial charge in [-0.1, -0.05) is 11.6 Å². The first kappa shape index (κ1) is 20.4. The Balaban J connectivity index is 1.75. The third kappa shape index (κ3) is 4.08. The van der Waals surface area contributed by atoms with Gasteiger partial charge in [-0.15, -0.1) is 0 Å². The fraction of sp³-hybridized carbons (Fsp3) is 0.143. The fourth-order valence-corrected chi connectivity index (χ4v) is 3.37. The van der Waals surface area contributed by atoms with Crippen LogP contribution in [0.5, 0.6) is 5.75 Å². The third-order valence-electron chi connectivity index (χ3n) is 4.61. The van der Waals surface area contributed by atoms with Gasteiger partial charge in [-0.05, 0) is 42.5 Å². The molecule has 0 unspecified atom stereocenters. The van der Waals surface area contributed by atoms with E-state index in [9.17, 15) is 14.4 Å². The quantitative estimate of drug-likeness (QED) is 0.493. The van der Waals surface area contributed by atoms with Crippen molar-refractivity contribution >= 4 is 34.2 Å². The first-order valence-electron chi connectivity index (χ1n) is 9.22. The molecule has 0 aliphatic carbocycles. The van der Waals surface area contributed by atoms with Gasteiger partial charge in [0.05, 0.1) is 31.0 Å². The zero-order valence-corrected chi connectivity index (χ0v) is 17.1. The van der Waals surface area contributed by atoms with Crippen molar-refractivity contribution in [1.29, 1.82) is 0 Å². The number of carbonyl (C=O) groups is 1. The molecular formula is C21H17ClN4O5. The molecule has 10 heteroatoms. The molecular weight excluding hydrogens is 424 g/mol. The Kier molecular flexibility index (Phi) is 5.59. The number of halogens is 1. The zero-order chi connectivity index (χ0) is 22.0. The van der Waals surface area contributed by atoms with Crippen molar-refractivity contribution in [1.82, 2.24) is 14.1 Å². The molecule has 4 aromatic rings. The Morgan fingerprint density at radius 1 is 1.19 bits per heavy atom. The van der Waals surface area contributed by atoms with E-state index in [1.54, 1.807) is 36.4 Å². The number of nitrogens with zero attached hydrogens (tertiary/aromatic N) is 3. The lowest BCUT2D eigenvalue weighted by Gasteiger charge is -2.14. The molecule has 0 fully saturated rings. The summed E-state index contributed by atoms with van der Waals surface area (Å²) >= 11 is 6.01. The van der Waals surface area contributed by atoms with Crippen LogP contribution in [0, 0.1) is 0 Å². The van der Waals surface area contributed by atoms with Crippen LogP contribution in [0.25, 0.3) is 11.0 Å². The molecule has 0 aliphatic rings. The summed E-state index contributed by atoms with van der Waals surface area (Å²) in [5, 5.41) is 3.30. The number of ether oxygens (including phenoxy) is 1. The monoisotopic (exact) mass is 440 g/mol. The lowest BCUT2D eigenvalue weighted by Crippen LogP contribution is -2.42. The summed E-state index contributed by atoms with van der Waals surface area (Å²) in [4.78, 5) is 42.9. The van der Waals surface area contributed by atoms with E-state index < -0.39 is 17.2 Å². The van der Waals surface area contributed by atoms with Crippen LogP contribution < -0.4 is 21.3 Å². The van der Waals surface area contributed by atoms with Crippen molar-refractivity contribution in [2.24, 2.45) is 0 Å². The highest BCUT2D eigenvalue weighted by molar-refractivity contribution is 6.31. The lowest BCUT2D eigenvalue weighted by atomic mass is 10.3. The Morgan fingerprint density at radius 2 is 2.03 bits per heavy atom. The summed E-state index contributed by atoms with van der Waals surface area (Å²) in [6, 6.07) is 11.2. The number of pyridine rings is 1. The molecule has 1 N–H and O–H groups in total. The van der Waals surface area contributed by atoms with E-state index in [-0.39, 0.29) is 24.1 Å². The summed E-state index contributed by atoms with van der Waals surface area (Å²) in [5.74, 6) is 0.329. The Bertz CT molecular complexity index is 1380. The van der Waals surface area contributed by atoms with Crippen molar-refractivity contribution in [3.8, 4) is 5.75 Å². The van der Waals surface area contributed by atoms with Gasteiger partial charge in [0.15, 0.2) is 0 Å². The Morgan fingerprint density at radius 3 is 2.77 bits per heavy atom. The maximum Gasteiger partial charge on any atom is 0.333 e. The number of aromatic nitrogens is 3. The van der Waals surface area contributed by atoms with E-state index in [4.69, 9.17) is 20.8 Å². The summed E-state index contributed by atoms with van der Waals surface area (Å²) in [5.41, 5.74) is -0.728. The maximum absolute atomic E-state index is 13.1. The summed E-state index contributed by atoms with van der Waals surface area (Å²) in [6.45, 7) is -0.445. The third-order valence-corrected chi connectivity index (χ3v) is 4.85. The number of fused-ring (bicyclic) bond motifs is 1. The van der Waals surface area contributed by atoms with Crippen LogP contribution in [0.4, 0.5) is 5.69 Å². The molecule has 3 aromatic heterocycles. The minimum atomic E-state index is -0.680. The van der Waals surface area contributed by atoms with Crippen LogP contribution >= 0.6 is 11.6 Å². The van der Waals surface area contributed by atoms with E-state index in [0.717, 1.165) is 9.13 Å². The molecule has 0 radical (unpaired) electrons. The summed E-state index contributed by atoms with van der Waals surface area (Å²) in [6.07, 6.45) is 2.90. The zero-order valence-electron chi connectivity index (χ0n) is 16.4. The fourth-order valence-electron chi connectivity index (χ4n) is 3.20. The van der Waals surface area contributed by atoms with E-state index in [2.05, 4.69) is 10.3 Å². The van der Waals surface area contributed by atoms with E-state index in [0.29, 0.717) is 22.2 Å². The largest absolute Gasteiger partial charge is 0.495 e. The number of amides is 1. The first-order valence-corrected chi connectivity index (χ1v) is 9.60. The molecule has 1 aromatic carbocycles. The molecule has 1 amide bonds. The van der Waals surface area contributed by atoms with Gasteiger partial charge in [0.2, 0.25) is 5.91 Å². The molecule has 0 spiro atoms. The Labute approximate surface area is 180 Å². The molecule has 0 saturated carbocycles. The predicted octanol–water partition coefficient (Wildman–Crippen LogP) is 2.50. The molecule has 4 rings (SSSR count). The molecule has 158 valence electrons. The molecule has 9 nitrogen and oxygen atoms in total. The molecule has 31 heavy (non-hydrogen) atoms. The summed E-state index contributed by atoms with van der Waals surface area (Å²) < 4.78 is 12.7. The van der Waals surface area contributed by atoms with Gasteiger partial charge in [0.1, 0.15) is 23.7 Å². The van der Waals surface area contributed by atoms with Crippen molar-refractivity contribution in [2.45, 2.75) is 13.1 Å². The van der Waals surface area contributed by atoms with E-state index >= 15 is 0 Å². The highest BCUT2D eigenvalue weighted by Gasteiger charge is 2.18. The second-order valence-electron chi connectivity index (χ2n) is 6.61. The molecule has 0 aliphatic heterocycles. The minimum absolute atomic E-state index is 0.0702. The van der Waals surface area contributed by atoms with Gasteiger partial charge in [0, 0.05) is 11.2 Å². The number of carbonyl (C=O) groups excluding carboxylic acids is 1. The molecule has 3 heterocycles. The van der Waals surface area contributed by atoms with Crippen LogP contribution in [0.1, 0.15) is 5.76 Å². The van der Waals surface area contributed by atoms with Crippen LogP contribution in [0.15, 0.2) is 68.9 Å². The number of benzene rings is 1. The van der Waals surface area contributed by atoms with Gasteiger partial charge in [-0.2, -0.15) is 0 Å². The average molecular weight is 441 g/mol. The van der Waals surface area contributed by atoms with Crippen molar-refractivity contribution in [2.75, 3.05) is 12.4 Å². The number of methoxy groups -OCH3 is 1. The SMILES string of the molecule is COc1ccc(Cl)cc1NC(=O)Cn1c(=O)n(Cc2ccco2)c(=O)c2cccnc21.